The minimum absolute atomic E-state index is 0. The molecule has 0 aliphatic carbocycles. The van der Waals surface area contributed by atoms with Crippen molar-refractivity contribution in [1.29, 1.82) is 0 Å². The number of alkyl halides is 3. The van der Waals surface area contributed by atoms with Gasteiger partial charge in [0.1, 0.15) is 0 Å². The highest BCUT2D eigenvalue weighted by molar-refractivity contribution is 5.85. The van der Waals surface area contributed by atoms with E-state index in [0.717, 1.165) is 30.7 Å². The number of likely N-dealkylation sites (tertiary alicyclic amines) is 1. The molecule has 0 bridgehead atoms. The summed E-state index contributed by atoms with van der Waals surface area (Å²) in [6.45, 7) is 3.85. The van der Waals surface area contributed by atoms with Crippen molar-refractivity contribution in [3.05, 3.63) is 35.4 Å². The molecule has 1 fully saturated rings. The fourth-order valence-electron chi connectivity index (χ4n) is 2.76. The molecule has 130 valence electrons. The summed E-state index contributed by atoms with van der Waals surface area (Å²) < 4.78 is 37.6. The Hall–Kier alpha value is -1.27. The first kappa shape index (κ1) is 19.8. The van der Waals surface area contributed by atoms with Gasteiger partial charge in [-0.3, -0.25) is 4.79 Å². The van der Waals surface area contributed by atoms with Gasteiger partial charge in [-0.2, -0.15) is 13.2 Å². The lowest BCUT2D eigenvalue weighted by molar-refractivity contribution is -0.137. The third-order valence-corrected chi connectivity index (χ3v) is 4.26. The summed E-state index contributed by atoms with van der Waals surface area (Å²) in [5, 5.41) is 0. The number of amides is 1. The van der Waals surface area contributed by atoms with Gasteiger partial charge >= 0.3 is 6.18 Å². The van der Waals surface area contributed by atoms with Crippen molar-refractivity contribution in [2.45, 2.75) is 31.9 Å². The van der Waals surface area contributed by atoms with Crippen LogP contribution in [0.5, 0.6) is 0 Å². The Morgan fingerprint density at radius 2 is 1.96 bits per heavy atom. The fraction of sp³-hybridized carbons (Fsp3) is 0.562. The first-order valence-electron chi connectivity index (χ1n) is 7.46. The van der Waals surface area contributed by atoms with E-state index < -0.39 is 11.7 Å². The van der Waals surface area contributed by atoms with Gasteiger partial charge in [-0.1, -0.05) is 19.1 Å². The molecule has 1 saturated heterocycles. The van der Waals surface area contributed by atoms with Crippen LogP contribution >= 0.6 is 12.4 Å². The second kappa shape index (κ2) is 8.02. The Morgan fingerprint density at radius 3 is 2.43 bits per heavy atom. The maximum atomic E-state index is 12.5. The van der Waals surface area contributed by atoms with Crippen LogP contribution in [-0.2, 0) is 11.0 Å². The Bertz CT molecular complexity index is 519. The summed E-state index contributed by atoms with van der Waals surface area (Å²) in [7, 11) is 0. The van der Waals surface area contributed by atoms with E-state index >= 15 is 0 Å². The maximum absolute atomic E-state index is 12.5. The van der Waals surface area contributed by atoms with E-state index in [4.69, 9.17) is 5.73 Å². The quantitative estimate of drug-likeness (QED) is 0.904. The van der Waals surface area contributed by atoms with Gasteiger partial charge in [0.15, 0.2) is 0 Å². The Kier molecular flexibility index (Phi) is 6.89. The van der Waals surface area contributed by atoms with Crippen molar-refractivity contribution in [1.82, 2.24) is 4.90 Å². The van der Waals surface area contributed by atoms with E-state index in [0.29, 0.717) is 25.4 Å². The largest absolute Gasteiger partial charge is 0.416 e. The van der Waals surface area contributed by atoms with Crippen molar-refractivity contribution >= 4 is 18.3 Å². The fourth-order valence-corrected chi connectivity index (χ4v) is 2.76. The highest BCUT2D eigenvalue weighted by Crippen LogP contribution is 2.31. The average Bonchev–Trinajstić information content (AvgIpc) is 2.95. The van der Waals surface area contributed by atoms with E-state index in [2.05, 4.69) is 0 Å². The van der Waals surface area contributed by atoms with E-state index in [1.807, 2.05) is 6.92 Å². The van der Waals surface area contributed by atoms with Crippen LogP contribution in [0.2, 0.25) is 0 Å². The molecular weight excluding hydrogens is 329 g/mol. The van der Waals surface area contributed by atoms with Crippen LogP contribution in [0.1, 0.15) is 36.8 Å². The van der Waals surface area contributed by atoms with Gasteiger partial charge in [0.25, 0.3) is 0 Å². The van der Waals surface area contributed by atoms with Crippen molar-refractivity contribution in [2.24, 2.45) is 11.7 Å². The standard InChI is InChI=1S/C16H21F3N2O.ClH/c1-11(8-15(22)21-7-6-12(9-20)10-21)13-2-4-14(5-3-13)16(17,18)19;/h2-5,11-12H,6-10,20H2,1H3;1H. The van der Waals surface area contributed by atoms with Crippen LogP contribution in [0.4, 0.5) is 13.2 Å². The normalized spacial score (nSPS) is 19.3. The lowest BCUT2D eigenvalue weighted by atomic mass is 9.96. The molecule has 1 aromatic rings. The van der Waals surface area contributed by atoms with Crippen molar-refractivity contribution in [2.75, 3.05) is 19.6 Å². The van der Waals surface area contributed by atoms with Gasteiger partial charge in [-0.25, -0.2) is 0 Å². The molecule has 0 aromatic heterocycles. The molecule has 1 heterocycles. The molecule has 0 radical (unpaired) electrons. The molecule has 1 aromatic carbocycles. The summed E-state index contributed by atoms with van der Waals surface area (Å²) in [5.74, 6) is 0.306. The Morgan fingerprint density at radius 1 is 1.35 bits per heavy atom. The molecule has 2 atom stereocenters. The third-order valence-electron chi connectivity index (χ3n) is 4.26. The number of benzene rings is 1. The topological polar surface area (TPSA) is 46.3 Å². The molecule has 1 amide bonds. The predicted octanol–water partition coefficient (Wildman–Crippen LogP) is 3.43. The monoisotopic (exact) mass is 350 g/mol. The smallest absolute Gasteiger partial charge is 0.342 e. The van der Waals surface area contributed by atoms with Crippen molar-refractivity contribution in [3.63, 3.8) is 0 Å². The van der Waals surface area contributed by atoms with E-state index in [1.54, 1.807) is 4.90 Å². The zero-order chi connectivity index (χ0) is 16.3. The molecular formula is C16H22ClF3N2O. The first-order valence-corrected chi connectivity index (χ1v) is 7.46. The van der Waals surface area contributed by atoms with Gasteiger partial charge in [-0.05, 0) is 42.5 Å². The highest BCUT2D eigenvalue weighted by atomic mass is 35.5. The van der Waals surface area contributed by atoms with Gasteiger partial charge < -0.3 is 10.6 Å². The minimum atomic E-state index is -4.33. The lowest BCUT2D eigenvalue weighted by Crippen LogP contribution is -2.30. The molecule has 0 spiro atoms. The molecule has 2 N–H and O–H groups in total. The Balaban J connectivity index is 0.00000264. The summed E-state index contributed by atoms with van der Waals surface area (Å²) >= 11 is 0. The number of carbonyl (C=O) groups excluding carboxylic acids is 1. The number of hydrogen-bond donors (Lipinski definition) is 1. The molecule has 7 heteroatoms. The zero-order valence-corrected chi connectivity index (χ0v) is 13.8. The van der Waals surface area contributed by atoms with Gasteiger partial charge in [-0.15, -0.1) is 12.4 Å². The highest BCUT2D eigenvalue weighted by Gasteiger charge is 2.30. The molecule has 1 aliphatic heterocycles. The second-order valence-corrected chi connectivity index (χ2v) is 5.96. The summed E-state index contributed by atoms with van der Waals surface area (Å²) in [4.78, 5) is 14.0. The lowest BCUT2D eigenvalue weighted by Gasteiger charge is -2.19. The van der Waals surface area contributed by atoms with Crippen LogP contribution in [0, 0.1) is 5.92 Å². The number of nitrogens with zero attached hydrogens (tertiary/aromatic N) is 1. The number of carbonyl (C=O) groups is 1. The number of halogens is 4. The van der Waals surface area contributed by atoms with E-state index in [1.165, 1.54) is 12.1 Å². The number of rotatable bonds is 4. The zero-order valence-electron chi connectivity index (χ0n) is 13.0. The SMILES string of the molecule is CC(CC(=O)N1CCC(CN)C1)c1ccc(C(F)(F)F)cc1.Cl. The van der Waals surface area contributed by atoms with Crippen LogP contribution in [-0.4, -0.2) is 30.4 Å². The van der Waals surface area contributed by atoms with Crippen LogP contribution in [0.3, 0.4) is 0 Å². The van der Waals surface area contributed by atoms with Crippen LogP contribution in [0.25, 0.3) is 0 Å². The van der Waals surface area contributed by atoms with Gasteiger partial charge in [0.2, 0.25) is 5.91 Å². The van der Waals surface area contributed by atoms with E-state index in [9.17, 15) is 18.0 Å². The third kappa shape index (κ3) is 5.11. The minimum Gasteiger partial charge on any atom is -0.342 e. The van der Waals surface area contributed by atoms with Crippen LogP contribution in [0.15, 0.2) is 24.3 Å². The first-order chi connectivity index (χ1) is 10.3. The summed E-state index contributed by atoms with van der Waals surface area (Å²) in [6.07, 6.45) is -3.09. The Labute approximate surface area is 140 Å². The van der Waals surface area contributed by atoms with Crippen molar-refractivity contribution < 1.29 is 18.0 Å². The molecule has 0 saturated carbocycles. The summed E-state index contributed by atoms with van der Waals surface area (Å²) in [6, 6.07) is 5.04. The van der Waals surface area contributed by atoms with Crippen LogP contribution < -0.4 is 5.73 Å². The van der Waals surface area contributed by atoms with Gasteiger partial charge in [0, 0.05) is 19.5 Å². The number of nitrogens with two attached hydrogens (primary N) is 1. The molecule has 2 rings (SSSR count). The molecule has 3 nitrogen and oxygen atoms in total. The maximum Gasteiger partial charge on any atom is 0.416 e. The van der Waals surface area contributed by atoms with Gasteiger partial charge in [0.05, 0.1) is 5.56 Å². The summed E-state index contributed by atoms with van der Waals surface area (Å²) in [5.41, 5.74) is 5.69. The predicted molar refractivity (Wildman–Crippen MR) is 85.5 cm³/mol. The molecule has 23 heavy (non-hydrogen) atoms. The molecule has 2 unspecified atom stereocenters. The average molecular weight is 351 g/mol. The van der Waals surface area contributed by atoms with Crippen molar-refractivity contribution in [3.8, 4) is 0 Å². The second-order valence-electron chi connectivity index (χ2n) is 5.96. The number of hydrogen-bond acceptors (Lipinski definition) is 2. The molecule has 1 aliphatic rings. The van der Waals surface area contributed by atoms with E-state index in [-0.39, 0.29) is 24.2 Å².